The van der Waals surface area contributed by atoms with Gasteiger partial charge in [0.15, 0.2) is 6.20 Å². The minimum Gasteiger partial charge on any atom is -1.00 e. The van der Waals surface area contributed by atoms with Crippen LogP contribution in [0.2, 0.25) is 0 Å². The molecule has 0 fully saturated rings. The number of pyridine rings is 1. The number of halogens is 1. The minimum absolute atomic E-state index is 0. The SMILES string of the molecule is Cn1c2ccccc2c2cc[n+](C)c(C(=O)c3ccccc3)c21.[I-]. The zero-order chi connectivity index (χ0) is 16.0. The molecule has 2 aromatic carbocycles. The lowest BCUT2D eigenvalue weighted by molar-refractivity contribution is -0.672. The van der Waals surface area contributed by atoms with Crippen molar-refractivity contribution >= 4 is 27.6 Å². The van der Waals surface area contributed by atoms with Gasteiger partial charge in [0.2, 0.25) is 0 Å². The van der Waals surface area contributed by atoms with Gasteiger partial charge in [-0.25, -0.2) is 0 Å². The second-order valence-corrected chi connectivity index (χ2v) is 5.81. The highest BCUT2D eigenvalue weighted by atomic mass is 127. The van der Waals surface area contributed by atoms with E-state index >= 15 is 0 Å². The summed E-state index contributed by atoms with van der Waals surface area (Å²) in [6.07, 6.45) is 1.96. The summed E-state index contributed by atoms with van der Waals surface area (Å²) in [5, 5.41) is 2.29. The van der Waals surface area contributed by atoms with E-state index in [2.05, 4.69) is 22.8 Å². The summed E-state index contributed by atoms with van der Waals surface area (Å²) in [6.45, 7) is 0. The highest BCUT2D eigenvalue weighted by Crippen LogP contribution is 2.29. The van der Waals surface area contributed by atoms with Crippen molar-refractivity contribution in [3.63, 3.8) is 0 Å². The topological polar surface area (TPSA) is 25.9 Å². The number of carbonyl (C=O) groups excluding carboxylic acids is 1. The Hall–Kier alpha value is -2.21. The lowest BCUT2D eigenvalue weighted by atomic mass is 10.1. The van der Waals surface area contributed by atoms with Gasteiger partial charge in [0.25, 0.3) is 11.5 Å². The van der Waals surface area contributed by atoms with E-state index in [-0.39, 0.29) is 29.8 Å². The first-order valence-electron chi connectivity index (χ1n) is 7.64. The zero-order valence-corrected chi connectivity index (χ0v) is 15.7. The molecule has 0 unspecified atom stereocenters. The van der Waals surface area contributed by atoms with Crippen LogP contribution < -0.4 is 28.5 Å². The van der Waals surface area contributed by atoms with E-state index in [1.807, 2.05) is 67.3 Å². The summed E-state index contributed by atoms with van der Waals surface area (Å²) in [5.41, 5.74) is 3.54. The number of carbonyl (C=O) groups is 1. The highest BCUT2D eigenvalue weighted by molar-refractivity contribution is 6.18. The molecule has 0 atom stereocenters. The predicted molar refractivity (Wildman–Crippen MR) is 91.5 cm³/mol. The van der Waals surface area contributed by atoms with Crippen molar-refractivity contribution in [1.82, 2.24) is 4.57 Å². The molecule has 4 heteroatoms. The summed E-state index contributed by atoms with van der Waals surface area (Å²) in [4.78, 5) is 13.1. The molecule has 0 saturated heterocycles. The molecule has 0 aliphatic carbocycles. The van der Waals surface area contributed by atoms with Crippen molar-refractivity contribution in [3.8, 4) is 0 Å². The van der Waals surface area contributed by atoms with Gasteiger partial charge in [0, 0.05) is 35.0 Å². The normalized spacial score (nSPS) is 10.8. The van der Waals surface area contributed by atoms with Gasteiger partial charge < -0.3 is 28.5 Å². The van der Waals surface area contributed by atoms with E-state index in [4.69, 9.17) is 0 Å². The van der Waals surface area contributed by atoms with Crippen LogP contribution >= 0.6 is 0 Å². The standard InChI is InChI=1S/C20H17N2O.HI/c1-21-13-12-16-15-10-6-7-11-17(15)22(2)18(16)19(21)20(23)14-8-4-3-5-9-14;/h3-13H,1-2H3;1H/q+1;/p-1. The highest BCUT2D eigenvalue weighted by Gasteiger charge is 2.26. The summed E-state index contributed by atoms with van der Waals surface area (Å²) in [5.74, 6) is 0.0459. The number of benzene rings is 2. The molecule has 0 saturated carbocycles. The van der Waals surface area contributed by atoms with Gasteiger partial charge in [-0.05, 0) is 6.07 Å². The number of rotatable bonds is 2. The fraction of sp³-hybridized carbons (Fsp3) is 0.100. The maximum atomic E-state index is 13.1. The Morgan fingerprint density at radius 1 is 0.917 bits per heavy atom. The third-order valence-electron chi connectivity index (χ3n) is 4.44. The second-order valence-electron chi connectivity index (χ2n) is 5.81. The van der Waals surface area contributed by atoms with Crippen molar-refractivity contribution in [3.05, 3.63) is 78.1 Å². The van der Waals surface area contributed by atoms with Crippen LogP contribution in [0.4, 0.5) is 0 Å². The molecule has 4 aromatic rings. The molecule has 0 spiro atoms. The number of aromatic nitrogens is 2. The van der Waals surface area contributed by atoms with Crippen LogP contribution in [0, 0.1) is 0 Å². The first-order valence-corrected chi connectivity index (χ1v) is 7.64. The molecule has 4 rings (SSSR count). The Bertz CT molecular complexity index is 1050. The van der Waals surface area contributed by atoms with Gasteiger partial charge in [-0.3, -0.25) is 4.79 Å². The Morgan fingerprint density at radius 3 is 2.33 bits per heavy atom. The summed E-state index contributed by atoms with van der Waals surface area (Å²) < 4.78 is 4.03. The fourth-order valence-corrected chi connectivity index (χ4v) is 3.30. The van der Waals surface area contributed by atoms with E-state index in [1.165, 1.54) is 5.39 Å². The number of para-hydroxylation sites is 1. The molecule has 0 N–H and O–H groups in total. The molecule has 120 valence electrons. The Morgan fingerprint density at radius 2 is 1.58 bits per heavy atom. The average Bonchev–Trinajstić information content (AvgIpc) is 2.88. The minimum atomic E-state index is 0. The number of hydrogen-bond acceptors (Lipinski definition) is 1. The quantitative estimate of drug-likeness (QED) is 0.258. The smallest absolute Gasteiger partial charge is 0.277 e. The van der Waals surface area contributed by atoms with Gasteiger partial charge >= 0.3 is 0 Å². The maximum Gasteiger partial charge on any atom is 0.277 e. The van der Waals surface area contributed by atoms with Crippen LogP contribution in [0.5, 0.6) is 0 Å². The lowest BCUT2D eigenvalue weighted by Crippen LogP contribution is -3.00. The van der Waals surface area contributed by atoms with Crippen molar-refractivity contribution in [2.75, 3.05) is 0 Å². The number of ketones is 1. The van der Waals surface area contributed by atoms with E-state index < -0.39 is 0 Å². The molecule has 0 aliphatic rings. The van der Waals surface area contributed by atoms with Gasteiger partial charge in [0.05, 0.1) is 0 Å². The van der Waals surface area contributed by atoms with Crippen LogP contribution in [-0.4, -0.2) is 10.4 Å². The predicted octanol–water partition coefficient (Wildman–Crippen LogP) is 0.391. The van der Waals surface area contributed by atoms with E-state index in [1.54, 1.807) is 0 Å². The van der Waals surface area contributed by atoms with Crippen molar-refractivity contribution in [2.45, 2.75) is 0 Å². The summed E-state index contributed by atoms with van der Waals surface area (Å²) >= 11 is 0. The molecular formula is C20H17IN2O. The first kappa shape index (κ1) is 16.6. The molecule has 0 amide bonds. The molecular weight excluding hydrogens is 411 g/mol. The van der Waals surface area contributed by atoms with Gasteiger partial charge in [-0.15, -0.1) is 0 Å². The van der Waals surface area contributed by atoms with Crippen LogP contribution in [-0.2, 0) is 14.1 Å². The molecule has 2 heterocycles. The molecule has 0 bridgehead atoms. The number of hydrogen-bond donors (Lipinski definition) is 0. The van der Waals surface area contributed by atoms with Gasteiger partial charge in [0.1, 0.15) is 12.6 Å². The Balaban J connectivity index is 0.00000169. The molecule has 0 aliphatic heterocycles. The summed E-state index contributed by atoms with van der Waals surface area (Å²) in [7, 11) is 3.94. The Labute approximate surface area is 157 Å². The van der Waals surface area contributed by atoms with Crippen LogP contribution in [0.15, 0.2) is 66.9 Å². The lowest BCUT2D eigenvalue weighted by Gasteiger charge is -2.04. The number of fused-ring (bicyclic) bond motifs is 3. The average molecular weight is 428 g/mol. The van der Waals surface area contributed by atoms with E-state index in [0.29, 0.717) is 11.3 Å². The van der Waals surface area contributed by atoms with Crippen LogP contribution in [0.25, 0.3) is 21.8 Å². The van der Waals surface area contributed by atoms with Gasteiger partial charge in [-0.2, -0.15) is 4.57 Å². The first-order chi connectivity index (χ1) is 11.2. The fourth-order valence-electron chi connectivity index (χ4n) is 3.30. The number of aryl methyl sites for hydroxylation is 2. The van der Waals surface area contributed by atoms with Crippen LogP contribution in [0.1, 0.15) is 16.1 Å². The van der Waals surface area contributed by atoms with Gasteiger partial charge in [-0.1, -0.05) is 48.5 Å². The monoisotopic (exact) mass is 428 g/mol. The second kappa shape index (κ2) is 6.36. The molecule has 0 radical (unpaired) electrons. The third-order valence-corrected chi connectivity index (χ3v) is 4.44. The zero-order valence-electron chi connectivity index (χ0n) is 13.5. The molecule has 24 heavy (non-hydrogen) atoms. The summed E-state index contributed by atoms with van der Waals surface area (Å²) in [6, 6.07) is 19.8. The van der Waals surface area contributed by atoms with E-state index in [0.717, 1.165) is 16.4 Å². The van der Waals surface area contributed by atoms with Crippen molar-refractivity contribution in [2.24, 2.45) is 14.1 Å². The van der Waals surface area contributed by atoms with Crippen molar-refractivity contribution < 1.29 is 33.3 Å². The Kier molecular flexibility index (Phi) is 4.41. The molecule has 3 nitrogen and oxygen atoms in total. The van der Waals surface area contributed by atoms with Crippen molar-refractivity contribution in [1.29, 1.82) is 0 Å². The number of nitrogens with zero attached hydrogens (tertiary/aromatic N) is 2. The molecule has 2 aromatic heterocycles. The largest absolute Gasteiger partial charge is 1.00 e. The van der Waals surface area contributed by atoms with Crippen LogP contribution in [0.3, 0.4) is 0 Å². The third kappa shape index (κ3) is 2.41. The maximum absolute atomic E-state index is 13.1. The van der Waals surface area contributed by atoms with E-state index in [9.17, 15) is 4.79 Å².